The second-order valence-electron chi connectivity index (χ2n) is 6.67. The fourth-order valence-electron chi connectivity index (χ4n) is 3.16. The van der Waals surface area contributed by atoms with Crippen molar-refractivity contribution in [3.8, 4) is 16.9 Å². The molecule has 0 radical (unpaired) electrons. The number of pyridine rings is 1. The van der Waals surface area contributed by atoms with Gasteiger partial charge in [-0.2, -0.15) is 0 Å². The Bertz CT molecular complexity index is 1050. The Morgan fingerprint density at radius 3 is 2.62 bits per heavy atom. The quantitative estimate of drug-likeness (QED) is 0.515. The molecular weight excluding hydrogens is 404 g/mol. The van der Waals surface area contributed by atoms with Crippen LogP contribution in [0.15, 0.2) is 53.7 Å². The van der Waals surface area contributed by atoms with Crippen LogP contribution in [0.2, 0.25) is 5.02 Å². The van der Waals surface area contributed by atoms with Gasteiger partial charge in [0.25, 0.3) is 5.91 Å². The summed E-state index contributed by atoms with van der Waals surface area (Å²) in [6.45, 7) is 4.40. The third-order valence-electron chi connectivity index (χ3n) is 4.83. The molecule has 29 heavy (non-hydrogen) atoms. The molecule has 0 unspecified atom stereocenters. The number of hydrogen-bond acceptors (Lipinski definition) is 4. The van der Waals surface area contributed by atoms with Crippen molar-refractivity contribution < 1.29 is 9.53 Å². The first-order chi connectivity index (χ1) is 13.9. The van der Waals surface area contributed by atoms with Crippen molar-refractivity contribution in [1.29, 1.82) is 0 Å². The number of ether oxygens (including phenoxy) is 1. The normalized spacial score (nSPS) is 10.7. The number of nitrogens with one attached hydrogen (secondary N) is 1. The lowest BCUT2D eigenvalue weighted by atomic mass is 10.0. The molecule has 0 spiro atoms. The maximum Gasteiger partial charge on any atom is 0.251 e. The van der Waals surface area contributed by atoms with Gasteiger partial charge in [0, 0.05) is 40.0 Å². The average Bonchev–Trinajstić information content (AvgIpc) is 2.73. The Balaban J connectivity index is 1.85. The van der Waals surface area contributed by atoms with Crippen LogP contribution in [0, 0.1) is 13.8 Å². The minimum atomic E-state index is -0.167. The van der Waals surface area contributed by atoms with Crippen molar-refractivity contribution in [3.05, 3.63) is 75.9 Å². The Labute approximate surface area is 180 Å². The van der Waals surface area contributed by atoms with Crippen LogP contribution in [-0.2, 0) is 6.54 Å². The first-order valence-electron chi connectivity index (χ1n) is 9.15. The molecule has 1 aromatic heterocycles. The van der Waals surface area contributed by atoms with E-state index in [2.05, 4.69) is 10.3 Å². The molecule has 0 saturated heterocycles. The van der Waals surface area contributed by atoms with Gasteiger partial charge in [-0.1, -0.05) is 23.7 Å². The maximum atomic E-state index is 12.8. The standard InChI is InChI=1S/C23H23ClN2O2S/c1-14-6-5-7-21(28-3)19(14)13-26-23(27)16-8-9-20(24)17(11-16)18-12-25-22(29-4)10-15(18)2/h5-12H,13H2,1-4H3,(H,26,27). The molecule has 4 nitrogen and oxygen atoms in total. The van der Waals surface area contributed by atoms with E-state index < -0.39 is 0 Å². The number of benzene rings is 2. The summed E-state index contributed by atoms with van der Waals surface area (Å²) in [5.74, 6) is 0.595. The molecule has 0 aliphatic carbocycles. The monoisotopic (exact) mass is 426 g/mol. The van der Waals surface area contributed by atoms with Gasteiger partial charge in [-0.3, -0.25) is 4.79 Å². The van der Waals surface area contributed by atoms with Gasteiger partial charge in [0.1, 0.15) is 5.75 Å². The number of nitrogens with zero attached hydrogens (tertiary/aromatic N) is 1. The molecule has 1 amide bonds. The van der Waals surface area contributed by atoms with Crippen molar-refractivity contribution in [2.24, 2.45) is 0 Å². The molecule has 0 aliphatic rings. The number of carbonyl (C=O) groups excluding carboxylic acids is 1. The highest BCUT2D eigenvalue weighted by molar-refractivity contribution is 7.98. The molecular formula is C23H23ClN2O2S. The summed E-state index contributed by atoms with van der Waals surface area (Å²) in [5, 5.41) is 4.52. The van der Waals surface area contributed by atoms with Crippen LogP contribution in [0.25, 0.3) is 11.1 Å². The maximum absolute atomic E-state index is 12.8. The van der Waals surface area contributed by atoms with Crippen molar-refractivity contribution >= 4 is 29.3 Å². The number of thioether (sulfide) groups is 1. The number of amides is 1. The Kier molecular flexibility index (Phi) is 6.83. The number of hydrogen-bond donors (Lipinski definition) is 1. The van der Waals surface area contributed by atoms with Gasteiger partial charge in [0.05, 0.1) is 12.1 Å². The zero-order valence-corrected chi connectivity index (χ0v) is 18.4. The van der Waals surface area contributed by atoms with Gasteiger partial charge in [-0.15, -0.1) is 11.8 Å². The molecule has 0 fully saturated rings. The zero-order chi connectivity index (χ0) is 21.0. The second kappa shape index (κ2) is 9.33. The lowest BCUT2D eigenvalue weighted by Crippen LogP contribution is -2.23. The van der Waals surface area contributed by atoms with Crippen LogP contribution in [0.3, 0.4) is 0 Å². The third-order valence-corrected chi connectivity index (χ3v) is 5.80. The van der Waals surface area contributed by atoms with Crippen LogP contribution in [0.5, 0.6) is 5.75 Å². The lowest BCUT2D eigenvalue weighted by Gasteiger charge is -2.14. The Morgan fingerprint density at radius 2 is 1.93 bits per heavy atom. The molecule has 3 rings (SSSR count). The van der Waals surface area contributed by atoms with Crippen LogP contribution in [0.1, 0.15) is 27.0 Å². The summed E-state index contributed by atoms with van der Waals surface area (Å²) in [7, 11) is 1.63. The second-order valence-corrected chi connectivity index (χ2v) is 7.91. The molecule has 0 bridgehead atoms. The number of rotatable bonds is 6. The molecule has 0 aliphatic heterocycles. The Morgan fingerprint density at radius 1 is 1.14 bits per heavy atom. The topological polar surface area (TPSA) is 51.2 Å². The minimum Gasteiger partial charge on any atom is -0.496 e. The van der Waals surface area contributed by atoms with Gasteiger partial charge in [-0.05, 0) is 61.6 Å². The molecule has 0 atom stereocenters. The molecule has 0 saturated carbocycles. The number of aromatic nitrogens is 1. The van der Waals surface area contributed by atoms with E-state index in [9.17, 15) is 4.79 Å². The smallest absolute Gasteiger partial charge is 0.251 e. The summed E-state index contributed by atoms with van der Waals surface area (Å²) >= 11 is 8.02. The van der Waals surface area contributed by atoms with Crippen LogP contribution in [0.4, 0.5) is 0 Å². The predicted octanol–water partition coefficient (Wildman–Crippen LogP) is 5.68. The molecule has 3 aromatic rings. The first kappa shape index (κ1) is 21.2. The van der Waals surface area contributed by atoms with Crippen molar-refractivity contribution in [3.63, 3.8) is 0 Å². The van der Waals surface area contributed by atoms with Crippen molar-refractivity contribution in [2.45, 2.75) is 25.4 Å². The van der Waals surface area contributed by atoms with E-state index in [1.165, 1.54) is 0 Å². The van der Waals surface area contributed by atoms with Gasteiger partial charge < -0.3 is 10.1 Å². The van der Waals surface area contributed by atoms with Gasteiger partial charge in [-0.25, -0.2) is 4.98 Å². The minimum absolute atomic E-state index is 0.167. The molecule has 1 N–H and O–H groups in total. The summed E-state index contributed by atoms with van der Waals surface area (Å²) in [4.78, 5) is 17.2. The van der Waals surface area contributed by atoms with E-state index in [-0.39, 0.29) is 5.91 Å². The molecule has 1 heterocycles. The number of carbonyl (C=O) groups is 1. The lowest BCUT2D eigenvalue weighted by molar-refractivity contribution is 0.0950. The van der Waals surface area contributed by atoms with E-state index in [0.717, 1.165) is 38.6 Å². The molecule has 6 heteroatoms. The Hall–Kier alpha value is -2.50. The SMILES string of the molecule is COc1cccc(C)c1CNC(=O)c1ccc(Cl)c(-c2cnc(SC)cc2C)c1. The molecule has 2 aromatic carbocycles. The summed E-state index contributed by atoms with van der Waals surface area (Å²) < 4.78 is 5.41. The number of methoxy groups -OCH3 is 1. The van der Waals surface area contributed by atoms with Gasteiger partial charge >= 0.3 is 0 Å². The van der Waals surface area contributed by atoms with E-state index in [4.69, 9.17) is 16.3 Å². The van der Waals surface area contributed by atoms with Gasteiger partial charge in [0.15, 0.2) is 0 Å². The first-order valence-corrected chi connectivity index (χ1v) is 10.8. The zero-order valence-electron chi connectivity index (χ0n) is 16.9. The van der Waals surface area contributed by atoms with Crippen LogP contribution < -0.4 is 10.1 Å². The largest absolute Gasteiger partial charge is 0.496 e. The predicted molar refractivity (Wildman–Crippen MR) is 120 cm³/mol. The molecule has 150 valence electrons. The summed E-state index contributed by atoms with van der Waals surface area (Å²) in [6.07, 6.45) is 3.80. The summed E-state index contributed by atoms with van der Waals surface area (Å²) in [5.41, 5.74) is 5.36. The van der Waals surface area contributed by atoms with Crippen molar-refractivity contribution in [1.82, 2.24) is 10.3 Å². The van der Waals surface area contributed by atoms with Gasteiger partial charge in [0.2, 0.25) is 0 Å². The highest BCUT2D eigenvalue weighted by Gasteiger charge is 2.14. The highest BCUT2D eigenvalue weighted by atomic mass is 35.5. The van der Waals surface area contributed by atoms with Crippen LogP contribution in [-0.4, -0.2) is 24.3 Å². The van der Waals surface area contributed by atoms with Crippen molar-refractivity contribution in [2.75, 3.05) is 13.4 Å². The third kappa shape index (κ3) is 4.74. The highest BCUT2D eigenvalue weighted by Crippen LogP contribution is 2.32. The average molecular weight is 427 g/mol. The van der Waals surface area contributed by atoms with E-state index in [1.54, 1.807) is 31.0 Å². The fourth-order valence-corrected chi connectivity index (χ4v) is 3.83. The van der Waals surface area contributed by atoms with E-state index in [0.29, 0.717) is 17.1 Å². The number of halogens is 1. The summed E-state index contributed by atoms with van der Waals surface area (Å²) in [6, 6.07) is 13.1. The number of aryl methyl sites for hydroxylation is 2. The van der Waals surface area contributed by atoms with E-state index >= 15 is 0 Å². The van der Waals surface area contributed by atoms with Crippen LogP contribution >= 0.6 is 23.4 Å². The van der Waals surface area contributed by atoms with E-state index in [1.807, 2.05) is 56.6 Å². The fraction of sp³-hybridized carbons (Fsp3) is 0.217.